The van der Waals surface area contributed by atoms with Crippen LogP contribution in [0.15, 0.2) is 47.8 Å². The van der Waals surface area contributed by atoms with Crippen molar-refractivity contribution in [1.82, 2.24) is 15.1 Å². The molecule has 2 aromatic heterocycles. The summed E-state index contributed by atoms with van der Waals surface area (Å²) in [7, 11) is 0. The van der Waals surface area contributed by atoms with E-state index in [9.17, 15) is 9.18 Å². The van der Waals surface area contributed by atoms with Gasteiger partial charge in [-0.1, -0.05) is 6.07 Å². The number of carbonyl (C=O) groups excluding carboxylic acids is 1. The summed E-state index contributed by atoms with van der Waals surface area (Å²) in [6, 6.07) is 11.5. The summed E-state index contributed by atoms with van der Waals surface area (Å²) >= 11 is 1.63. The van der Waals surface area contributed by atoms with Crippen molar-refractivity contribution in [1.29, 1.82) is 0 Å². The first-order valence-corrected chi connectivity index (χ1v) is 9.12. The topological polar surface area (TPSA) is 56.2 Å². The zero-order chi connectivity index (χ0) is 18.5. The van der Waals surface area contributed by atoms with Crippen molar-refractivity contribution < 1.29 is 13.9 Å². The SMILES string of the molecule is Cc1cc(C)n(C(CNC(=O)COc2ccc(F)cc2)c2cccs2)n1. The molecule has 3 rings (SSSR count). The van der Waals surface area contributed by atoms with Gasteiger partial charge in [-0.25, -0.2) is 4.39 Å². The third-order valence-electron chi connectivity index (χ3n) is 3.89. The lowest BCUT2D eigenvalue weighted by atomic mass is 10.2. The van der Waals surface area contributed by atoms with Gasteiger partial charge in [-0.15, -0.1) is 11.3 Å². The van der Waals surface area contributed by atoms with Crippen LogP contribution >= 0.6 is 11.3 Å². The van der Waals surface area contributed by atoms with Crippen molar-refractivity contribution in [3.8, 4) is 5.75 Å². The zero-order valence-corrected chi connectivity index (χ0v) is 15.4. The summed E-state index contributed by atoms with van der Waals surface area (Å²) in [5, 5.41) is 9.45. The molecule has 136 valence electrons. The third kappa shape index (κ3) is 4.49. The van der Waals surface area contributed by atoms with Gasteiger partial charge in [0.1, 0.15) is 17.6 Å². The fourth-order valence-corrected chi connectivity index (χ4v) is 3.50. The average Bonchev–Trinajstić information content (AvgIpc) is 3.25. The predicted molar refractivity (Wildman–Crippen MR) is 99.1 cm³/mol. The first kappa shape index (κ1) is 18.1. The average molecular weight is 373 g/mol. The molecular weight excluding hydrogens is 353 g/mol. The largest absolute Gasteiger partial charge is 0.484 e. The Labute approximate surface area is 155 Å². The van der Waals surface area contributed by atoms with Crippen molar-refractivity contribution in [3.63, 3.8) is 0 Å². The number of aromatic nitrogens is 2. The van der Waals surface area contributed by atoms with Gasteiger partial charge in [0, 0.05) is 17.1 Å². The second-order valence-electron chi connectivity index (χ2n) is 5.95. The van der Waals surface area contributed by atoms with E-state index in [1.807, 2.05) is 42.1 Å². The monoisotopic (exact) mass is 373 g/mol. The number of rotatable bonds is 7. The highest BCUT2D eigenvalue weighted by Crippen LogP contribution is 2.24. The minimum absolute atomic E-state index is 0.0709. The third-order valence-corrected chi connectivity index (χ3v) is 4.86. The van der Waals surface area contributed by atoms with Gasteiger partial charge in [-0.3, -0.25) is 9.48 Å². The van der Waals surface area contributed by atoms with Crippen LogP contribution in [-0.2, 0) is 4.79 Å². The summed E-state index contributed by atoms with van der Waals surface area (Å²) < 4.78 is 20.2. The van der Waals surface area contributed by atoms with Crippen molar-refractivity contribution in [2.45, 2.75) is 19.9 Å². The van der Waals surface area contributed by atoms with Gasteiger partial charge < -0.3 is 10.1 Å². The molecule has 26 heavy (non-hydrogen) atoms. The molecule has 0 aliphatic heterocycles. The number of benzene rings is 1. The summed E-state index contributed by atoms with van der Waals surface area (Å²) in [5.41, 5.74) is 1.98. The molecular formula is C19H20FN3O2S. The maximum atomic E-state index is 12.9. The summed E-state index contributed by atoms with van der Waals surface area (Å²) in [5.74, 6) is -0.127. The van der Waals surface area contributed by atoms with Gasteiger partial charge in [0.2, 0.25) is 0 Å². The van der Waals surface area contributed by atoms with Gasteiger partial charge in [0.15, 0.2) is 6.61 Å². The molecule has 1 atom stereocenters. The van der Waals surface area contributed by atoms with Crippen molar-refractivity contribution >= 4 is 17.2 Å². The van der Waals surface area contributed by atoms with Crippen LogP contribution in [0, 0.1) is 19.7 Å². The number of nitrogens with zero attached hydrogens (tertiary/aromatic N) is 2. The zero-order valence-electron chi connectivity index (χ0n) is 14.6. The van der Waals surface area contributed by atoms with E-state index >= 15 is 0 Å². The van der Waals surface area contributed by atoms with E-state index in [1.54, 1.807) is 11.3 Å². The van der Waals surface area contributed by atoms with Crippen LogP contribution in [0.3, 0.4) is 0 Å². The number of carbonyl (C=O) groups is 1. The normalized spacial score (nSPS) is 12.0. The molecule has 0 aliphatic rings. The second kappa shape index (κ2) is 8.14. The van der Waals surface area contributed by atoms with Gasteiger partial charge >= 0.3 is 0 Å². The number of halogens is 1. The molecule has 1 N–H and O–H groups in total. The van der Waals surface area contributed by atoms with E-state index in [0.29, 0.717) is 12.3 Å². The molecule has 3 aromatic rings. The van der Waals surface area contributed by atoms with Gasteiger partial charge in [0.05, 0.1) is 5.69 Å². The molecule has 0 radical (unpaired) electrons. The van der Waals surface area contributed by atoms with Crippen molar-refractivity contribution in [2.75, 3.05) is 13.2 Å². The molecule has 0 aliphatic carbocycles. The Balaban J connectivity index is 1.61. The Hall–Kier alpha value is -2.67. The lowest BCUT2D eigenvalue weighted by molar-refractivity contribution is -0.123. The molecule has 1 unspecified atom stereocenters. The molecule has 0 bridgehead atoms. The number of hydrogen-bond acceptors (Lipinski definition) is 4. The number of thiophene rings is 1. The molecule has 0 saturated carbocycles. The van der Waals surface area contributed by atoms with Crippen LogP contribution in [0.4, 0.5) is 4.39 Å². The molecule has 2 heterocycles. The Kier molecular flexibility index (Phi) is 5.68. The van der Waals surface area contributed by atoms with E-state index < -0.39 is 0 Å². The molecule has 7 heteroatoms. The lowest BCUT2D eigenvalue weighted by Gasteiger charge is -2.19. The highest BCUT2D eigenvalue weighted by molar-refractivity contribution is 7.10. The minimum Gasteiger partial charge on any atom is -0.484 e. The van der Waals surface area contributed by atoms with Gasteiger partial charge in [-0.2, -0.15) is 5.10 Å². The van der Waals surface area contributed by atoms with E-state index in [0.717, 1.165) is 16.3 Å². The summed E-state index contributed by atoms with van der Waals surface area (Å²) in [6.45, 7) is 4.23. The van der Waals surface area contributed by atoms with Crippen LogP contribution in [0.5, 0.6) is 5.75 Å². The lowest BCUT2D eigenvalue weighted by Crippen LogP contribution is -2.34. The number of amides is 1. The fraction of sp³-hybridized carbons (Fsp3) is 0.263. The van der Waals surface area contributed by atoms with Crippen molar-refractivity contribution in [3.05, 3.63) is 69.9 Å². The standard InChI is InChI=1S/C19H20FN3O2S/c1-13-10-14(2)23(22-13)17(18-4-3-9-26-18)11-21-19(24)12-25-16-7-5-15(20)6-8-16/h3-10,17H,11-12H2,1-2H3,(H,21,24). The molecule has 5 nitrogen and oxygen atoms in total. The number of nitrogens with one attached hydrogen (secondary N) is 1. The highest BCUT2D eigenvalue weighted by Gasteiger charge is 2.19. The van der Waals surface area contributed by atoms with Crippen LogP contribution in [-0.4, -0.2) is 28.8 Å². The van der Waals surface area contributed by atoms with Crippen LogP contribution in [0.25, 0.3) is 0 Å². The molecule has 1 amide bonds. The van der Waals surface area contributed by atoms with Crippen molar-refractivity contribution in [2.24, 2.45) is 0 Å². The molecule has 1 aromatic carbocycles. The Morgan fingerprint density at radius 1 is 1.31 bits per heavy atom. The minimum atomic E-state index is -0.342. The van der Waals surface area contributed by atoms with E-state index in [2.05, 4.69) is 10.4 Å². The highest BCUT2D eigenvalue weighted by atomic mass is 32.1. The first-order chi connectivity index (χ1) is 12.5. The predicted octanol–water partition coefficient (Wildman–Crippen LogP) is 3.49. The first-order valence-electron chi connectivity index (χ1n) is 8.24. The molecule has 0 saturated heterocycles. The summed E-state index contributed by atoms with van der Waals surface area (Å²) in [6.07, 6.45) is 0. The van der Waals surface area contributed by atoms with Crippen LogP contribution < -0.4 is 10.1 Å². The van der Waals surface area contributed by atoms with Gasteiger partial charge in [-0.05, 0) is 55.6 Å². The van der Waals surface area contributed by atoms with E-state index in [4.69, 9.17) is 4.74 Å². The number of ether oxygens (including phenoxy) is 1. The second-order valence-corrected chi connectivity index (χ2v) is 6.93. The van der Waals surface area contributed by atoms with E-state index in [-0.39, 0.29) is 24.4 Å². The Morgan fingerprint density at radius 3 is 2.69 bits per heavy atom. The van der Waals surface area contributed by atoms with Crippen LogP contribution in [0.1, 0.15) is 22.3 Å². The Morgan fingerprint density at radius 2 is 2.08 bits per heavy atom. The number of aryl methyl sites for hydroxylation is 2. The smallest absolute Gasteiger partial charge is 0.258 e. The van der Waals surface area contributed by atoms with Crippen LogP contribution in [0.2, 0.25) is 0 Å². The number of hydrogen-bond donors (Lipinski definition) is 1. The maximum absolute atomic E-state index is 12.9. The van der Waals surface area contributed by atoms with E-state index in [1.165, 1.54) is 24.3 Å². The quantitative estimate of drug-likeness (QED) is 0.690. The fourth-order valence-electron chi connectivity index (χ4n) is 2.69. The molecule has 0 spiro atoms. The maximum Gasteiger partial charge on any atom is 0.258 e. The Bertz CT molecular complexity index is 860. The molecule has 0 fully saturated rings. The summed E-state index contributed by atoms with van der Waals surface area (Å²) in [4.78, 5) is 13.3. The van der Waals surface area contributed by atoms with Gasteiger partial charge in [0.25, 0.3) is 5.91 Å².